The molecule has 0 rings (SSSR count). The van der Waals surface area contributed by atoms with E-state index in [2.05, 4.69) is 19.1 Å². The van der Waals surface area contributed by atoms with E-state index in [1.807, 2.05) is 0 Å². The van der Waals surface area contributed by atoms with E-state index < -0.39 is 5.97 Å². The monoisotopic (exact) mass is 360 g/mol. The number of carbonyl (C=O) groups is 1. The van der Waals surface area contributed by atoms with E-state index in [1.165, 1.54) is 64.2 Å². The summed E-state index contributed by atoms with van der Waals surface area (Å²) in [6.07, 6.45) is 20.9. The van der Waals surface area contributed by atoms with Gasteiger partial charge < -0.3 is 9.90 Å². The van der Waals surface area contributed by atoms with Gasteiger partial charge in [-0.25, -0.2) is 0 Å². The van der Waals surface area contributed by atoms with Gasteiger partial charge in [0.15, 0.2) is 0 Å². The fraction of sp³-hybridized carbons (Fsp3) is 0.833. The van der Waals surface area contributed by atoms with Gasteiger partial charge in [-0.2, -0.15) is 0 Å². The fourth-order valence-corrected chi connectivity index (χ4v) is 2.34. The molecular weight excluding hydrogens is 326 g/mol. The molecule has 0 radical (unpaired) electrons. The van der Waals surface area contributed by atoms with Crippen molar-refractivity contribution in [3.8, 4) is 0 Å². The van der Waals surface area contributed by atoms with Gasteiger partial charge in [-0.1, -0.05) is 70.4 Å². The summed E-state index contributed by atoms with van der Waals surface area (Å²) in [6, 6.07) is 0. The van der Waals surface area contributed by atoms with Gasteiger partial charge in [-0.15, -0.1) is 0 Å². The molecule has 0 spiro atoms. The number of aliphatic carboxylic acids is 1. The minimum atomic E-state index is -0.914. The average molecular weight is 361 g/mol. The molecule has 0 fully saturated rings. The molecule has 0 atom stereocenters. The number of allylic oxidation sites excluding steroid dienone is 2. The van der Waals surface area contributed by atoms with E-state index in [4.69, 9.17) is 0 Å². The van der Waals surface area contributed by atoms with Crippen LogP contribution in [0.15, 0.2) is 12.2 Å². The normalized spacial score (nSPS) is 10.2. The molecule has 0 saturated heterocycles. The fourth-order valence-electron chi connectivity index (χ4n) is 2.34. The number of carboxylic acids is 1. The molecule has 2 nitrogen and oxygen atoms in total. The standard InChI is InChI=1S/C18H34O2.2K.H/c1-2-3-4-5-6-7-8-9-10-11-12-13-14-15-16-17-18(19)20;;;/h9-10H,2-8,11-17H2,1H3,(H,19,20);;;/q;;+1;/p-1/b10-9-;;;. The van der Waals surface area contributed by atoms with Crippen LogP contribution < -0.4 is 56.5 Å². The SMILES string of the molecule is CCCCCCCC/C=C\CCCCCCCC(=O)[O-].[K+].[KH]. The number of rotatable bonds is 15. The zero-order valence-electron chi connectivity index (χ0n) is 14.4. The zero-order chi connectivity index (χ0) is 14.9. The third-order valence-electron chi connectivity index (χ3n) is 3.64. The predicted molar refractivity (Wildman–Crippen MR) is 91.6 cm³/mol. The Labute approximate surface area is 223 Å². The van der Waals surface area contributed by atoms with Gasteiger partial charge >= 0.3 is 103 Å². The van der Waals surface area contributed by atoms with Crippen molar-refractivity contribution in [2.75, 3.05) is 0 Å². The van der Waals surface area contributed by atoms with E-state index >= 15 is 0 Å². The molecular formula is C18H34K2O2. The number of carboxylic acid groups (broad SMARTS) is 1. The summed E-state index contributed by atoms with van der Waals surface area (Å²) in [6.45, 7) is 2.26. The van der Waals surface area contributed by atoms with E-state index in [0.29, 0.717) is 0 Å². The molecule has 0 aromatic rings. The Kier molecular flexibility index (Phi) is 34.2. The first-order valence-corrected chi connectivity index (χ1v) is 8.62. The van der Waals surface area contributed by atoms with Crippen molar-refractivity contribution < 1.29 is 61.3 Å². The van der Waals surface area contributed by atoms with Crippen molar-refractivity contribution >= 4 is 57.4 Å². The Balaban J connectivity index is -0.00000180. The van der Waals surface area contributed by atoms with Crippen LogP contribution in [-0.4, -0.2) is 57.4 Å². The number of carbonyl (C=O) groups excluding carboxylic acids is 1. The molecule has 0 aliphatic heterocycles. The first-order valence-electron chi connectivity index (χ1n) is 8.62. The maximum absolute atomic E-state index is 10.2. The molecule has 0 N–H and O–H groups in total. The van der Waals surface area contributed by atoms with Gasteiger partial charge in [0, 0.05) is 5.97 Å². The van der Waals surface area contributed by atoms with Crippen LogP contribution in [0.3, 0.4) is 0 Å². The van der Waals surface area contributed by atoms with Crippen molar-refractivity contribution in [2.24, 2.45) is 0 Å². The quantitative estimate of drug-likeness (QED) is 0.249. The molecule has 0 aromatic heterocycles. The van der Waals surface area contributed by atoms with Gasteiger partial charge in [0.25, 0.3) is 0 Å². The van der Waals surface area contributed by atoms with E-state index in [1.54, 1.807) is 0 Å². The Bertz CT molecular complexity index is 243. The second-order valence-corrected chi connectivity index (χ2v) is 5.71. The average Bonchev–Trinajstić information content (AvgIpc) is 2.43. The van der Waals surface area contributed by atoms with Crippen LogP contribution in [-0.2, 0) is 4.79 Å². The topological polar surface area (TPSA) is 40.1 Å². The number of unbranched alkanes of at least 4 members (excludes halogenated alkanes) is 11. The molecule has 0 unspecified atom stereocenters. The molecule has 22 heavy (non-hydrogen) atoms. The molecule has 0 heterocycles. The second kappa shape index (κ2) is 25.7. The van der Waals surface area contributed by atoms with Crippen LogP contribution in [0, 0.1) is 0 Å². The first kappa shape index (κ1) is 29.3. The van der Waals surface area contributed by atoms with Crippen molar-refractivity contribution in [1.82, 2.24) is 0 Å². The van der Waals surface area contributed by atoms with Crippen LogP contribution in [0.1, 0.15) is 96.8 Å². The second-order valence-electron chi connectivity index (χ2n) is 5.71. The number of hydrogen-bond acceptors (Lipinski definition) is 2. The van der Waals surface area contributed by atoms with Crippen LogP contribution in [0.4, 0.5) is 0 Å². The van der Waals surface area contributed by atoms with Gasteiger partial charge in [0.2, 0.25) is 0 Å². The summed E-state index contributed by atoms with van der Waals surface area (Å²) in [5.74, 6) is -0.914. The first-order chi connectivity index (χ1) is 9.77. The van der Waals surface area contributed by atoms with E-state index in [-0.39, 0.29) is 109 Å². The van der Waals surface area contributed by atoms with Crippen molar-refractivity contribution in [2.45, 2.75) is 96.8 Å². The van der Waals surface area contributed by atoms with Crippen LogP contribution in [0.2, 0.25) is 0 Å². The minimum absolute atomic E-state index is 0. The summed E-state index contributed by atoms with van der Waals surface area (Å²) in [5, 5.41) is 10.2. The zero-order valence-corrected chi connectivity index (χ0v) is 17.5. The van der Waals surface area contributed by atoms with E-state index in [0.717, 1.165) is 19.3 Å². The molecule has 0 aliphatic rings. The number of hydrogen-bond donors (Lipinski definition) is 0. The summed E-state index contributed by atoms with van der Waals surface area (Å²) in [4.78, 5) is 10.2. The van der Waals surface area contributed by atoms with Gasteiger partial charge in [0.1, 0.15) is 0 Å². The van der Waals surface area contributed by atoms with Crippen molar-refractivity contribution in [3.63, 3.8) is 0 Å². The summed E-state index contributed by atoms with van der Waals surface area (Å²) in [5.41, 5.74) is 0. The predicted octanol–water partition coefficient (Wildman–Crippen LogP) is 1.13. The maximum atomic E-state index is 10.2. The third kappa shape index (κ3) is 27.3. The molecule has 0 bridgehead atoms. The van der Waals surface area contributed by atoms with Gasteiger partial charge in [0.05, 0.1) is 0 Å². The Morgan fingerprint density at radius 2 is 1.18 bits per heavy atom. The Hall–Kier alpha value is 2.48. The van der Waals surface area contributed by atoms with Crippen molar-refractivity contribution in [1.29, 1.82) is 0 Å². The molecule has 4 heteroatoms. The van der Waals surface area contributed by atoms with Crippen LogP contribution in [0.5, 0.6) is 0 Å². The molecule has 0 amide bonds. The molecule has 0 saturated carbocycles. The van der Waals surface area contributed by atoms with Crippen molar-refractivity contribution in [3.05, 3.63) is 12.2 Å². The Morgan fingerprint density at radius 1 is 0.773 bits per heavy atom. The van der Waals surface area contributed by atoms with Gasteiger partial charge in [-0.05, 0) is 38.5 Å². The van der Waals surface area contributed by atoms with Crippen LogP contribution >= 0.6 is 0 Å². The third-order valence-corrected chi connectivity index (χ3v) is 3.64. The summed E-state index contributed by atoms with van der Waals surface area (Å²) >= 11 is 0. The molecule has 0 aromatic carbocycles. The molecule has 0 aliphatic carbocycles. The van der Waals surface area contributed by atoms with Gasteiger partial charge in [-0.3, -0.25) is 0 Å². The summed E-state index contributed by atoms with van der Waals surface area (Å²) < 4.78 is 0. The molecule has 120 valence electrons. The Morgan fingerprint density at radius 3 is 1.64 bits per heavy atom. The van der Waals surface area contributed by atoms with Crippen LogP contribution in [0.25, 0.3) is 0 Å². The summed E-state index contributed by atoms with van der Waals surface area (Å²) in [7, 11) is 0. The van der Waals surface area contributed by atoms with E-state index in [9.17, 15) is 9.90 Å².